The summed E-state index contributed by atoms with van der Waals surface area (Å²) < 4.78 is 14.2. The van der Waals surface area contributed by atoms with Crippen LogP contribution in [0.25, 0.3) is 0 Å². The third-order valence-corrected chi connectivity index (χ3v) is 8.50. The molecule has 3 fully saturated rings. The van der Waals surface area contributed by atoms with Gasteiger partial charge in [-0.25, -0.2) is 4.39 Å². The first kappa shape index (κ1) is 23.5. The minimum Gasteiger partial charge on any atom is -0.373 e. The number of likely N-dealkylation sites (N-methyl/N-ethyl adjacent to an activating group) is 1. The summed E-state index contributed by atoms with van der Waals surface area (Å²) in [6.07, 6.45) is 6.13. The molecular weight excluding hydrogens is 433 g/mol. The van der Waals surface area contributed by atoms with Gasteiger partial charge in [0.2, 0.25) is 11.8 Å². The van der Waals surface area contributed by atoms with Crippen LogP contribution in [0.4, 0.5) is 10.1 Å². The molecule has 0 bridgehead atoms. The number of hydrogen-bond acceptors (Lipinski definition) is 5. The molecule has 2 saturated carbocycles. The number of rotatable bonds is 5. The maximum absolute atomic E-state index is 14.2. The zero-order valence-corrected chi connectivity index (χ0v) is 20.7. The fourth-order valence-electron chi connectivity index (χ4n) is 6.44. The van der Waals surface area contributed by atoms with Gasteiger partial charge < -0.3 is 20.4 Å². The Morgan fingerprint density at radius 2 is 1.97 bits per heavy atom. The van der Waals surface area contributed by atoms with Gasteiger partial charge in [0, 0.05) is 55.9 Å². The Hall–Kier alpha value is -2.19. The molecule has 5 rings (SSSR count). The van der Waals surface area contributed by atoms with Gasteiger partial charge in [-0.1, -0.05) is 12.5 Å². The van der Waals surface area contributed by atoms with E-state index in [2.05, 4.69) is 15.5 Å². The lowest BCUT2D eigenvalue weighted by molar-refractivity contribution is -0.134. The van der Waals surface area contributed by atoms with Crippen molar-refractivity contribution >= 4 is 17.5 Å². The van der Waals surface area contributed by atoms with Gasteiger partial charge in [0.1, 0.15) is 11.9 Å². The summed E-state index contributed by atoms with van der Waals surface area (Å²) in [7, 11) is 3.86. The summed E-state index contributed by atoms with van der Waals surface area (Å²) >= 11 is 0. The highest BCUT2D eigenvalue weighted by molar-refractivity contribution is 5.88. The minimum atomic E-state index is -0.393. The molecule has 2 N–H and O–H groups in total. The second-order valence-electron chi connectivity index (χ2n) is 11.2. The van der Waals surface area contributed by atoms with Crippen LogP contribution in [0, 0.1) is 18.2 Å². The van der Waals surface area contributed by atoms with Crippen molar-refractivity contribution in [2.24, 2.45) is 5.41 Å². The Bertz CT molecular complexity index is 930. The number of fused-ring (bicyclic) bond motifs is 1. The average molecular weight is 472 g/mol. The number of nitrogens with zero attached hydrogens (tertiary/aromatic N) is 3. The number of amides is 2. The van der Waals surface area contributed by atoms with E-state index in [-0.39, 0.29) is 29.1 Å². The number of benzene rings is 1. The van der Waals surface area contributed by atoms with Crippen LogP contribution in [0.15, 0.2) is 12.1 Å². The standard InChI is InChI=1S/C26H38FN5O2/c1-17-6-7-20(27)19-13-21(28-24(17)19)25(34)29-22-15-26(22)8-4-5-18(14-26)31-9-11-32(12-10-31)23(33)16-30(2)3/h6-7,18,21-22,28H,4-5,8-16H2,1-3H3,(H,29,34). The molecule has 0 radical (unpaired) electrons. The maximum atomic E-state index is 14.2. The SMILES string of the molecule is Cc1ccc(F)c2c1NC(C(=O)NC1CC13CCCC(N1CCN(C(=O)CN(C)C)CC1)C3)C2. The smallest absolute Gasteiger partial charge is 0.243 e. The fraction of sp³-hybridized carbons (Fsp3) is 0.692. The maximum Gasteiger partial charge on any atom is 0.243 e. The number of carbonyl (C=O) groups excluding carboxylic acids is 2. The number of nitrogens with one attached hydrogen (secondary N) is 2. The lowest BCUT2D eigenvalue weighted by Crippen LogP contribution is -2.54. The van der Waals surface area contributed by atoms with E-state index >= 15 is 0 Å². The van der Waals surface area contributed by atoms with E-state index in [1.54, 1.807) is 6.07 Å². The molecule has 7 nitrogen and oxygen atoms in total. The minimum absolute atomic E-state index is 0.00739. The van der Waals surface area contributed by atoms with Crippen molar-refractivity contribution in [3.8, 4) is 0 Å². The second-order valence-corrected chi connectivity index (χ2v) is 11.2. The van der Waals surface area contributed by atoms with Gasteiger partial charge in [0.25, 0.3) is 0 Å². The molecule has 1 aromatic carbocycles. The molecule has 34 heavy (non-hydrogen) atoms. The number of anilines is 1. The van der Waals surface area contributed by atoms with E-state index in [9.17, 15) is 14.0 Å². The molecular formula is C26H38FN5O2. The quantitative estimate of drug-likeness (QED) is 0.688. The Balaban J connectivity index is 1.12. The summed E-state index contributed by atoms with van der Waals surface area (Å²) in [5, 5.41) is 6.55. The molecule has 8 heteroatoms. The van der Waals surface area contributed by atoms with Crippen LogP contribution in [0.3, 0.4) is 0 Å². The highest BCUT2D eigenvalue weighted by atomic mass is 19.1. The number of aryl methyl sites for hydroxylation is 1. The topological polar surface area (TPSA) is 67.9 Å². The van der Waals surface area contributed by atoms with Crippen LogP contribution < -0.4 is 10.6 Å². The first-order valence-corrected chi connectivity index (χ1v) is 12.8. The summed E-state index contributed by atoms with van der Waals surface area (Å²) in [6.45, 7) is 5.90. The van der Waals surface area contributed by atoms with Crippen molar-refractivity contribution in [2.75, 3.05) is 52.1 Å². The van der Waals surface area contributed by atoms with Gasteiger partial charge >= 0.3 is 0 Å². The van der Waals surface area contributed by atoms with Crippen LogP contribution >= 0.6 is 0 Å². The van der Waals surface area contributed by atoms with Crippen molar-refractivity contribution in [1.29, 1.82) is 0 Å². The van der Waals surface area contributed by atoms with Crippen LogP contribution in [-0.4, -0.2) is 91.5 Å². The van der Waals surface area contributed by atoms with E-state index in [0.29, 0.717) is 24.6 Å². The zero-order valence-electron chi connectivity index (χ0n) is 20.7. The summed E-state index contributed by atoms with van der Waals surface area (Å²) in [6, 6.07) is 3.62. The number of halogens is 1. The summed E-state index contributed by atoms with van der Waals surface area (Å²) in [4.78, 5) is 31.9. The van der Waals surface area contributed by atoms with Crippen LogP contribution in [-0.2, 0) is 16.0 Å². The number of piperazine rings is 1. The van der Waals surface area contributed by atoms with E-state index in [0.717, 1.165) is 50.3 Å². The fourth-order valence-corrected chi connectivity index (χ4v) is 6.44. The molecule has 2 amide bonds. The summed E-state index contributed by atoms with van der Waals surface area (Å²) in [5.41, 5.74) is 2.61. The van der Waals surface area contributed by atoms with Crippen molar-refractivity contribution in [3.63, 3.8) is 0 Å². The zero-order chi connectivity index (χ0) is 24.0. The van der Waals surface area contributed by atoms with Gasteiger partial charge in [-0.2, -0.15) is 0 Å². The number of hydrogen-bond donors (Lipinski definition) is 2. The molecule has 2 aliphatic carbocycles. The van der Waals surface area contributed by atoms with Gasteiger partial charge in [0.05, 0.1) is 6.54 Å². The Labute approximate surface area is 202 Å². The van der Waals surface area contributed by atoms with Crippen LogP contribution in [0.5, 0.6) is 0 Å². The molecule has 1 saturated heterocycles. The Kier molecular flexibility index (Phi) is 6.31. The predicted octanol–water partition coefficient (Wildman–Crippen LogP) is 1.99. The highest BCUT2D eigenvalue weighted by Gasteiger charge is 2.57. The molecule has 4 unspecified atom stereocenters. The third kappa shape index (κ3) is 4.54. The van der Waals surface area contributed by atoms with Crippen molar-refractivity contribution < 1.29 is 14.0 Å². The molecule has 186 valence electrons. The third-order valence-electron chi connectivity index (χ3n) is 8.50. The first-order chi connectivity index (χ1) is 16.3. The second kappa shape index (κ2) is 9.11. The lowest BCUT2D eigenvalue weighted by Gasteiger charge is -2.43. The van der Waals surface area contributed by atoms with E-state index in [1.807, 2.05) is 30.8 Å². The van der Waals surface area contributed by atoms with Gasteiger partial charge in [-0.15, -0.1) is 0 Å². The lowest BCUT2D eigenvalue weighted by atomic mass is 9.81. The molecule has 2 heterocycles. The monoisotopic (exact) mass is 471 g/mol. The molecule has 1 aromatic rings. The predicted molar refractivity (Wildman–Crippen MR) is 130 cm³/mol. The van der Waals surface area contributed by atoms with Gasteiger partial charge in [-0.3, -0.25) is 14.5 Å². The van der Waals surface area contributed by atoms with Crippen LogP contribution in [0.2, 0.25) is 0 Å². The largest absolute Gasteiger partial charge is 0.373 e. The van der Waals surface area contributed by atoms with Crippen molar-refractivity contribution in [1.82, 2.24) is 20.0 Å². The van der Waals surface area contributed by atoms with E-state index < -0.39 is 6.04 Å². The van der Waals surface area contributed by atoms with E-state index in [1.165, 1.54) is 25.3 Å². The van der Waals surface area contributed by atoms with Crippen LogP contribution in [0.1, 0.15) is 43.2 Å². The normalized spacial score (nSPS) is 30.9. The highest BCUT2D eigenvalue weighted by Crippen LogP contribution is 2.57. The molecule has 0 aromatic heterocycles. The van der Waals surface area contributed by atoms with Gasteiger partial charge in [-0.05, 0) is 63.7 Å². The molecule has 4 aliphatic rings. The van der Waals surface area contributed by atoms with Crippen molar-refractivity contribution in [2.45, 2.75) is 63.6 Å². The molecule has 2 aliphatic heterocycles. The molecule has 4 atom stereocenters. The number of carbonyl (C=O) groups is 2. The summed E-state index contributed by atoms with van der Waals surface area (Å²) in [5.74, 6) is -0.0237. The van der Waals surface area contributed by atoms with Crippen molar-refractivity contribution in [3.05, 3.63) is 29.1 Å². The average Bonchev–Trinajstić information content (AvgIpc) is 3.24. The molecule has 1 spiro atoms. The first-order valence-electron chi connectivity index (χ1n) is 12.8. The Morgan fingerprint density at radius 1 is 1.21 bits per heavy atom. The Morgan fingerprint density at radius 3 is 2.68 bits per heavy atom. The van der Waals surface area contributed by atoms with E-state index in [4.69, 9.17) is 0 Å². The van der Waals surface area contributed by atoms with Gasteiger partial charge in [0.15, 0.2) is 0 Å².